The first-order valence-electron chi connectivity index (χ1n) is 11.6. The lowest BCUT2D eigenvalue weighted by Gasteiger charge is -2.15. The number of carbonyl (C=O) groups excluding carboxylic acids is 1. The van der Waals surface area contributed by atoms with E-state index in [1.54, 1.807) is 6.26 Å². The molecule has 1 aromatic carbocycles. The molecule has 1 atom stereocenters. The van der Waals surface area contributed by atoms with Crippen molar-refractivity contribution >= 4 is 16.9 Å². The van der Waals surface area contributed by atoms with Crippen LogP contribution in [0.3, 0.4) is 0 Å². The van der Waals surface area contributed by atoms with E-state index in [2.05, 4.69) is 43.4 Å². The summed E-state index contributed by atoms with van der Waals surface area (Å²) in [6.45, 7) is 10.3. The van der Waals surface area contributed by atoms with Gasteiger partial charge in [-0.15, -0.1) is 0 Å². The third kappa shape index (κ3) is 5.00. The van der Waals surface area contributed by atoms with Crippen LogP contribution in [-0.2, 0) is 17.6 Å². The molecule has 0 fully saturated rings. The molecule has 4 aromatic rings. The lowest BCUT2D eigenvalue weighted by molar-refractivity contribution is -0.121. The van der Waals surface area contributed by atoms with Gasteiger partial charge >= 0.3 is 0 Å². The molecule has 0 aliphatic rings. The second-order valence-corrected chi connectivity index (χ2v) is 8.92. The number of pyridine rings is 1. The summed E-state index contributed by atoms with van der Waals surface area (Å²) in [5.41, 5.74) is 7.27. The van der Waals surface area contributed by atoms with Crippen LogP contribution in [0, 0.1) is 27.7 Å². The maximum absolute atomic E-state index is 12.6. The average molecular weight is 445 g/mol. The van der Waals surface area contributed by atoms with Gasteiger partial charge in [-0.2, -0.15) is 5.10 Å². The highest BCUT2D eigenvalue weighted by molar-refractivity contribution is 5.85. The van der Waals surface area contributed by atoms with E-state index in [1.807, 2.05) is 37.6 Å². The van der Waals surface area contributed by atoms with Crippen LogP contribution in [0.1, 0.15) is 53.6 Å². The van der Waals surface area contributed by atoms with Crippen molar-refractivity contribution in [3.05, 3.63) is 76.5 Å². The molecule has 0 bridgehead atoms. The Morgan fingerprint density at radius 2 is 1.82 bits per heavy atom. The van der Waals surface area contributed by atoms with Gasteiger partial charge in [0, 0.05) is 30.0 Å². The van der Waals surface area contributed by atoms with E-state index in [0.717, 1.165) is 57.8 Å². The van der Waals surface area contributed by atoms with Gasteiger partial charge < -0.3 is 9.73 Å². The number of amides is 1. The van der Waals surface area contributed by atoms with Crippen LogP contribution < -0.4 is 5.32 Å². The minimum Gasteiger partial charge on any atom is -0.469 e. The average Bonchev–Trinajstić information content (AvgIpc) is 3.40. The van der Waals surface area contributed by atoms with E-state index in [-0.39, 0.29) is 11.9 Å². The van der Waals surface area contributed by atoms with Crippen LogP contribution in [0.5, 0.6) is 0 Å². The van der Waals surface area contributed by atoms with Crippen LogP contribution in [0.2, 0.25) is 0 Å². The van der Waals surface area contributed by atoms with Crippen molar-refractivity contribution in [3.63, 3.8) is 0 Å². The Morgan fingerprint density at radius 3 is 2.52 bits per heavy atom. The van der Waals surface area contributed by atoms with Crippen molar-refractivity contribution in [2.24, 2.45) is 0 Å². The first-order valence-corrected chi connectivity index (χ1v) is 11.6. The molecule has 3 heterocycles. The summed E-state index contributed by atoms with van der Waals surface area (Å²) in [5.74, 6) is 1.01. The van der Waals surface area contributed by atoms with E-state index in [1.165, 1.54) is 5.56 Å². The number of hydrogen-bond acceptors (Lipinski definition) is 4. The van der Waals surface area contributed by atoms with E-state index in [4.69, 9.17) is 14.5 Å². The summed E-state index contributed by atoms with van der Waals surface area (Å²) in [4.78, 5) is 17.5. The number of rotatable bonds is 8. The number of nitrogens with one attached hydrogen (secondary N) is 1. The molecule has 0 saturated heterocycles. The molecule has 6 heteroatoms. The second-order valence-electron chi connectivity index (χ2n) is 8.92. The van der Waals surface area contributed by atoms with Gasteiger partial charge in [0.15, 0.2) is 5.65 Å². The van der Waals surface area contributed by atoms with Crippen molar-refractivity contribution in [3.8, 4) is 5.69 Å². The fourth-order valence-electron chi connectivity index (χ4n) is 4.41. The topological polar surface area (TPSA) is 73.0 Å². The van der Waals surface area contributed by atoms with Gasteiger partial charge in [-0.3, -0.25) is 4.79 Å². The van der Waals surface area contributed by atoms with E-state index < -0.39 is 0 Å². The van der Waals surface area contributed by atoms with Crippen molar-refractivity contribution < 1.29 is 9.21 Å². The van der Waals surface area contributed by atoms with Crippen molar-refractivity contribution in [2.45, 2.75) is 66.3 Å². The predicted molar refractivity (Wildman–Crippen MR) is 131 cm³/mol. The first-order chi connectivity index (χ1) is 15.8. The minimum absolute atomic E-state index is 0.0629. The lowest BCUT2D eigenvalue weighted by atomic mass is 9.99. The number of aromatic nitrogens is 3. The molecule has 0 spiro atoms. The first kappa shape index (κ1) is 22.8. The highest BCUT2D eigenvalue weighted by atomic mass is 16.3. The van der Waals surface area contributed by atoms with Crippen LogP contribution >= 0.6 is 0 Å². The smallest absolute Gasteiger partial charge is 0.220 e. The Labute approximate surface area is 195 Å². The highest BCUT2D eigenvalue weighted by Crippen LogP contribution is 2.28. The zero-order chi connectivity index (χ0) is 23.5. The molecule has 172 valence electrons. The molecule has 0 radical (unpaired) electrons. The Bertz CT molecular complexity index is 1250. The van der Waals surface area contributed by atoms with Gasteiger partial charge in [-0.1, -0.05) is 17.7 Å². The number of fused-ring (bicyclic) bond motifs is 1. The molecule has 1 amide bonds. The predicted octanol–water partition coefficient (Wildman–Crippen LogP) is 5.32. The zero-order valence-electron chi connectivity index (χ0n) is 20.1. The van der Waals surface area contributed by atoms with Gasteiger partial charge in [0.2, 0.25) is 5.91 Å². The summed E-state index contributed by atoms with van der Waals surface area (Å²) < 4.78 is 7.29. The van der Waals surface area contributed by atoms with Crippen molar-refractivity contribution in [2.75, 3.05) is 0 Å². The Hall–Kier alpha value is -3.41. The number of furan rings is 1. The summed E-state index contributed by atoms with van der Waals surface area (Å²) in [6.07, 6.45) is 4.44. The molecule has 33 heavy (non-hydrogen) atoms. The van der Waals surface area contributed by atoms with Crippen LogP contribution in [-0.4, -0.2) is 26.7 Å². The monoisotopic (exact) mass is 444 g/mol. The number of aryl methyl sites for hydroxylation is 5. The molecule has 0 aliphatic carbocycles. The maximum atomic E-state index is 12.6. The fourth-order valence-corrected chi connectivity index (χ4v) is 4.41. The molecule has 6 nitrogen and oxygen atoms in total. The van der Waals surface area contributed by atoms with Crippen molar-refractivity contribution in [1.82, 2.24) is 20.1 Å². The molecule has 1 unspecified atom stereocenters. The molecule has 1 N–H and O–H groups in total. The summed E-state index contributed by atoms with van der Waals surface area (Å²) in [7, 11) is 0. The summed E-state index contributed by atoms with van der Waals surface area (Å²) in [5, 5.41) is 8.96. The van der Waals surface area contributed by atoms with Gasteiger partial charge in [0.1, 0.15) is 5.76 Å². The number of nitrogens with zero attached hydrogens (tertiary/aromatic N) is 3. The number of benzene rings is 1. The normalized spacial score (nSPS) is 12.3. The van der Waals surface area contributed by atoms with Gasteiger partial charge in [-0.05, 0) is 82.9 Å². The molecule has 4 rings (SSSR count). The van der Waals surface area contributed by atoms with Gasteiger partial charge in [0.25, 0.3) is 0 Å². The summed E-state index contributed by atoms with van der Waals surface area (Å²) in [6, 6.07) is 12.3. The fraction of sp³-hybridized carbons (Fsp3) is 0.370. The summed E-state index contributed by atoms with van der Waals surface area (Å²) >= 11 is 0. The highest BCUT2D eigenvalue weighted by Gasteiger charge is 2.18. The third-order valence-corrected chi connectivity index (χ3v) is 6.27. The standard InChI is InChI=1S/C27H32N4O2/c1-17-8-11-22(12-9-17)31-27-26(21(5)30-31)19(3)24(20(4)29-27)14-15-25(32)28-18(2)10-13-23-7-6-16-33-23/h6-9,11-12,16,18H,10,13-15H2,1-5H3,(H,28,32). The van der Waals surface area contributed by atoms with Crippen LogP contribution in [0.15, 0.2) is 47.1 Å². The third-order valence-electron chi connectivity index (χ3n) is 6.27. The molecular formula is C27H32N4O2. The Kier molecular flexibility index (Phi) is 6.63. The molecular weight excluding hydrogens is 412 g/mol. The van der Waals surface area contributed by atoms with E-state index in [0.29, 0.717) is 12.8 Å². The SMILES string of the molecule is Cc1ccc(-n2nc(C)c3c(C)c(CCC(=O)NC(C)CCc4ccco4)c(C)nc32)cc1. The minimum atomic E-state index is 0.0629. The quantitative estimate of drug-likeness (QED) is 0.399. The Balaban J connectivity index is 1.47. The lowest BCUT2D eigenvalue weighted by Crippen LogP contribution is -2.33. The van der Waals surface area contributed by atoms with Gasteiger partial charge in [-0.25, -0.2) is 9.67 Å². The van der Waals surface area contributed by atoms with Crippen molar-refractivity contribution in [1.29, 1.82) is 0 Å². The Morgan fingerprint density at radius 1 is 1.06 bits per heavy atom. The zero-order valence-corrected chi connectivity index (χ0v) is 20.1. The van der Waals surface area contributed by atoms with Gasteiger partial charge in [0.05, 0.1) is 17.6 Å². The van der Waals surface area contributed by atoms with E-state index >= 15 is 0 Å². The number of hydrogen-bond donors (Lipinski definition) is 1. The second kappa shape index (κ2) is 9.61. The van der Waals surface area contributed by atoms with Crippen LogP contribution in [0.4, 0.5) is 0 Å². The molecule has 0 aliphatic heterocycles. The molecule has 0 saturated carbocycles. The molecule has 3 aromatic heterocycles. The number of carbonyl (C=O) groups is 1. The maximum Gasteiger partial charge on any atom is 0.220 e. The van der Waals surface area contributed by atoms with Crippen LogP contribution in [0.25, 0.3) is 16.7 Å². The largest absolute Gasteiger partial charge is 0.469 e. The van der Waals surface area contributed by atoms with E-state index in [9.17, 15) is 4.79 Å².